The molecular weight excluding hydrogens is 347 g/mol. The fourth-order valence-corrected chi connectivity index (χ4v) is 4.29. The Labute approximate surface area is 157 Å². The topological polar surface area (TPSA) is 67.2 Å². The number of aryl methyl sites for hydroxylation is 2. The van der Waals surface area contributed by atoms with Crippen molar-refractivity contribution in [3.63, 3.8) is 0 Å². The molecule has 2 atom stereocenters. The summed E-state index contributed by atoms with van der Waals surface area (Å²) in [5.74, 6) is -0.574. The zero-order valence-corrected chi connectivity index (χ0v) is 15.5. The van der Waals surface area contributed by atoms with Crippen LogP contribution in [0.4, 0.5) is 4.39 Å². The van der Waals surface area contributed by atoms with Gasteiger partial charge < -0.3 is 10.2 Å². The number of amides is 2. The number of hydrogen-bond donors (Lipinski definition) is 1. The molecule has 27 heavy (non-hydrogen) atoms. The molecule has 0 aliphatic carbocycles. The van der Waals surface area contributed by atoms with Crippen molar-refractivity contribution in [1.82, 2.24) is 20.0 Å². The Morgan fingerprint density at radius 3 is 2.33 bits per heavy atom. The second-order valence-corrected chi connectivity index (χ2v) is 7.54. The number of benzene rings is 1. The Morgan fingerprint density at radius 2 is 1.78 bits per heavy atom. The van der Waals surface area contributed by atoms with Crippen molar-refractivity contribution >= 4 is 11.8 Å². The summed E-state index contributed by atoms with van der Waals surface area (Å²) in [4.78, 5) is 27.3. The number of nitrogens with one attached hydrogen (secondary N) is 1. The Hall–Kier alpha value is -2.70. The van der Waals surface area contributed by atoms with E-state index in [0.29, 0.717) is 11.3 Å². The molecule has 2 fully saturated rings. The smallest absolute Gasteiger partial charge is 0.274 e. The normalized spacial score (nSPS) is 24.1. The maximum Gasteiger partial charge on any atom is 0.274 e. The van der Waals surface area contributed by atoms with Crippen molar-refractivity contribution in [2.45, 2.75) is 50.7 Å². The van der Waals surface area contributed by atoms with E-state index >= 15 is 0 Å². The molecule has 4 rings (SSSR count). The van der Waals surface area contributed by atoms with Gasteiger partial charge in [0, 0.05) is 36.4 Å². The van der Waals surface area contributed by atoms with E-state index in [0.717, 1.165) is 31.4 Å². The van der Waals surface area contributed by atoms with Crippen LogP contribution in [-0.4, -0.2) is 44.6 Å². The van der Waals surface area contributed by atoms with Gasteiger partial charge in [0.25, 0.3) is 11.8 Å². The minimum absolute atomic E-state index is 0.0190. The van der Waals surface area contributed by atoms with E-state index in [1.165, 1.54) is 24.3 Å². The minimum Gasteiger partial charge on any atom is -0.349 e. The highest BCUT2D eigenvalue weighted by Gasteiger charge is 2.44. The van der Waals surface area contributed by atoms with Crippen LogP contribution in [-0.2, 0) is 7.05 Å². The minimum atomic E-state index is -0.360. The van der Waals surface area contributed by atoms with E-state index in [1.807, 2.05) is 24.9 Å². The molecule has 1 aromatic carbocycles. The number of piperidine rings is 1. The average molecular weight is 370 g/mol. The molecule has 6 nitrogen and oxygen atoms in total. The standard InChI is InChI=1S/C20H23FN4O2/c1-12-9-18(23-24(12)2)20(27)25-16-7-8-17(25)11-15(10-16)22-19(26)13-3-5-14(21)6-4-13/h3-6,9,15-17H,7-8,10-11H2,1-2H3,(H,22,26). The summed E-state index contributed by atoms with van der Waals surface area (Å²) >= 11 is 0. The van der Waals surface area contributed by atoms with Crippen molar-refractivity contribution in [3.8, 4) is 0 Å². The van der Waals surface area contributed by atoms with Crippen LogP contribution in [0.3, 0.4) is 0 Å². The Balaban J connectivity index is 1.43. The summed E-state index contributed by atoms with van der Waals surface area (Å²) < 4.78 is 14.7. The molecule has 0 radical (unpaired) electrons. The lowest BCUT2D eigenvalue weighted by molar-refractivity contribution is 0.0543. The molecule has 1 N–H and O–H groups in total. The van der Waals surface area contributed by atoms with Crippen LogP contribution < -0.4 is 5.32 Å². The van der Waals surface area contributed by atoms with Crippen LogP contribution in [0, 0.1) is 12.7 Å². The third kappa shape index (κ3) is 3.34. The molecule has 2 aromatic rings. The lowest BCUT2D eigenvalue weighted by Gasteiger charge is -2.38. The van der Waals surface area contributed by atoms with Crippen LogP contribution in [0.15, 0.2) is 30.3 Å². The number of fused-ring (bicyclic) bond motifs is 2. The summed E-state index contributed by atoms with van der Waals surface area (Å²) in [6, 6.07) is 7.64. The lowest BCUT2D eigenvalue weighted by atomic mass is 9.96. The molecule has 0 saturated carbocycles. The number of carbonyl (C=O) groups excluding carboxylic acids is 2. The zero-order valence-electron chi connectivity index (χ0n) is 15.5. The van der Waals surface area contributed by atoms with Crippen LogP contribution in [0.2, 0.25) is 0 Å². The average Bonchev–Trinajstić information content (AvgIpc) is 3.11. The number of carbonyl (C=O) groups is 2. The summed E-state index contributed by atoms with van der Waals surface area (Å²) in [6.45, 7) is 1.93. The summed E-state index contributed by atoms with van der Waals surface area (Å²) in [5, 5.41) is 7.37. The van der Waals surface area contributed by atoms with E-state index in [-0.39, 0.29) is 35.8 Å². The third-order valence-corrected chi connectivity index (χ3v) is 5.74. The van der Waals surface area contributed by atoms with Gasteiger partial charge in [-0.25, -0.2) is 4.39 Å². The van der Waals surface area contributed by atoms with Crippen molar-refractivity contribution in [1.29, 1.82) is 0 Å². The lowest BCUT2D eigenvalue weighted by Crippen LogP contribution is -2.52. The number of hydrogen-bond acceptors (Lipinski definition) is 3. The highest BCUT2D eigenvalue weighted by molar-refractivity contribution is 5.95. The zero-order chi connectivity index (χ0) is 19.1. The predicted molar refractivity (Wildman–Crippen MR) is 97.8 cm³/mol. The van der Waals surface area contributed by atoms with E-state index in [4.69, 9.17) is 0 Å². The highest BCUT2D eigenvalue weighted by atomic mass is 19.1. The van der Waals surface area contributed by atoms with E-state index in [2.05, 4.69) is 10.4 Å². The summed E-state index contributed by atoms with van der Waals surface area (Å²) in [5.41, 5.74) is 1.89. The van der Waals surface area contributed by atoms with Gasteiger partial charge in [-0.2, -0.15) is 5.10 Å². The number of rotatable bonds is 3. The number of nitrogens with zero attached hydrogens (tertiary/aromatic N) is 3. The molecule has 1 aromatic heterocycles. The second kappa shape index (κ2) is 6.79. The van der Waals surface area contributed by atoms with Gasteiger partial charge >= 0.3 is 0 Å². The number of aromatic nitrogens is 2. The van der Waals surface area contributed by atoms with Gasteiger partial charge in [0.1, 0.15) is 5.82 Å². The van der Waals surface area contributed by atoms with Gasteiger partial charge in [-0.05, 0) is 62.9 Å². The van der Waals surface area contributed by atoms with Gasteiger partial charge in [0.15, 0.2) is 5.69 Å². The van der Waals surface area contributed by atoms with E-state index < -0.39 is 0 Å². The molecule has 3 heterocycles. The Morgan fingerprint density at radius 1 is 1.15 bits per heavy atom. The van der Waals surface area contributed by atoms with Gasteiger partial charge in [-0.3, -0.25) is 14.3 Å². The van der Waals surface area contributed by atoms with Crippen LogP contribution >= 0.6 is 0 Å². The predicted octanol–water partition coefficient (Wildman–Crippen LogP) is 2.43. The monoisotopic (exact) mass is 370 g/mol. The Kier molecular flexibility index (Phi) is 4.45. The summed E-state index contributed by atoms with van der Waals surface area (Å²) in [7, 11) is 1.83. The van der Waals surface area contributed by atoms with Crippen molar-refractivity contribution in [2.24, 2.45) is 7.05 Å². The first-order valence-electron chi connectivity index (χ1n) is 9.32. The van der Waals surface area contributed by atoms with Crippen molar-refractivity contribution in [3.05, 3.63) is 53.1 Å². The van der Waals surface area contributed by atoms with Gasteiger partial charge in [-0.1, -0.05) is 0 Å². The van der Waals surface area contributed by atoms with Crippen molar-refractivity contribution in [2.75, 3.05) is 0 Å². The SMILES string of the molecule is Cc1cc(C(=O)N2C3CCC2CC(NC(=O)c2ccc(F)cc2)C3)nn1C. The fraction of sp³-hybridized carbons (Fsp3) is 0.450. The van der Waals surface area contributed by atoms with E-state index in [1.54, 1.807) is 4.68 Å². The molecule has 142 valence electrons. The molecule has 2 amide bonds. The Bertz CT molecular complexity index is 843. The summed E-state index contributed by atoms with van der Waals surface area (Å²) in [6.07, 6.45) is 3.37. The maximum atomic E-state index is 13.0. The van der Waals surface area contributed by atoms with E-state index in [9.17, 15) is 14.0 Å². The molecular formula is C20H23FN4O2. The van der Waals surface area contributed by atoms with Gasteiger partial charge in [-0.15, -0.1) is 0 Å². The van der Waals surface area contributed by atoms with Crippen LogP contribution in [0.5, 0.6) is 0 Å². The largest absolute Gasteiger partial charge is 0.349 e. The van der Waals surface area contributed by atoms with Gasteiger partial charge in [0.05, 0.1) is 0 Å². The first kappa shape index (κ1) is 17.7. The number of halogens is 1. The molecule has 2 unspecified atom stereocenters. The fourth-order valence-electron chi connectivity index (χ4n) is 4.29. The molecule has 0 spiro atoms. The maximum absolute atomic E-state index is 13.0. The van der Waals surface area contributed by atoms with Crippen LogP contribution in [0.25, 0.3) is 0 Å². The molecule has 2 aliphatic heterocycles. The molecule has 2 saturated heterocycles. The molecule has 2 aliphatic rings. The molecule has 7 heteroatoms. The van der Waals surface area contributed by atoms with Crippen molar-refractivity contribution < 1.29 is 14.0 Å². The first-order chi connectivity index (χ1) is 12.9. The molecule has 2 bridgehead atoms. The van der Waals surface area contributed by atoms with Gasteiger partial charge in [0.2, 0.25) is 0 Å². The quantitative estimate of drug-likeness (QED) is 0.902. The van der Waals surface area contributed by atoms with Crippen LogP contribution in [0.1, 0.15) is 52.2 Å². The second-order valence-electron chi connectivity index (χ2n) is 7.54. The highest BCUT2D eigenvalue weighted by Crippen LogP contribution is 2.36. The first-order valence-corrected chi connectivity index (χ1v) is 9.32. The third-order valence-electron chi connectivity index (χ3n) is 5.74.